The minimum Gasteiger partial charge on any atom is -0.497 e. The van der Waals surface area contributed by atoms with Gasteiger partial charge in [0.2, 0.25) is 11.8 Å². The fourth-order valence-electron chi connectivity index (χ4n) is 2.29. The molecule has 0 bridgehead atoms. The van der Waals surface area contributed by atoms with E-state index in [4.69, 9.17) is 21.1 Å². The predicted molar refractivity (Wildman–Crippen MR) is 97.7 cm³/mol. The maximum atomic E-state index is 12.4. The Labute approximate surface area is 151 Å². The summed E-state index contributed by atoms with van der Waals surface area (Å²) in [6.07, 6.45) is 0. The molecule has 0 aliphatic carbocycles. The SMILES string of the molecule is COc1cccc(NC(=O)CN(C(C)=O)c2cc(Cl)ccc2OC)c1. The van der Waals surface area contributed by atoms with E-state index in [0.29, 0.717) is 27.9 Å². The van der Waals surface area contributed by atoms with Crippen LogP contribution in [0, 0.1) is 0 Å². The van der Waals surface area contributed by atoms with Gasteiger partial charge in [-0.25, -0.2) is 0 Å². The van der Waals surface area contributed by atoms with Gasteiger partial charge in [0.15, 0.2) is 0 Å². The number of nitrogens with one attached hydrogen (secondary N) is 1. The molecule has 6 nitrogen and oxygen atoms in total. The van der Waals surface area contributed by atoms with Crippen LogP contribution >= 0.6 is 11.6 Å². The number of halogens is 1. The van der Waals surface area contributed by atoms with Crippen molar-refractivity contribution in [2.45, 2.75) is 6.92 Å². The van der Waals surface area contributed by atoms with E-state index in [9.17, 15) is 9.59 Å². The van der Waals surface area contributed by atoms with Gasteiger partial charge in [0, 0.05) is 23.7 Å². The third-order valence-electron chi connectivity index (χ3n) is 3.47. The highest BCUT2D eigenvalue weighted by Gasteiger charge is 2.20. The van der Waals surface area contributed by atoms with Crippen LogP contribution < -0.4 is 19.7 Å². The zero-order chi connectivity index (χ0) is 18.4. The number of benzene rings is 2. The Hall–Kier alpha value is -2.73. The lowest BCUT2D eigenvalue weighted by Crippen LogP contribution is -2.36. The van der Waals surface area contributed by atoms with Crippen LogP contribution in [0.4, 0.5) is 11.4 Å². The van der Waals surface area contributed by atoms with Crippen molar-refractivity contribution in [3.05, 3.63) is 47.5 Å². The van der Waals surface area contributed by atoms with Crippen molar-refractivity contribution in [2.24, 2.45) is 0 Å². The van der Waals surface area contributed by atoms with E-state index in [0.717, 1.165) is 0 Å². The topological polar surface area (TPSA) is 67.9 Å². The van der Waals surface area contributed by atoms with E-state index in [1.165, 1.54) is 18.9 Å². The van der Waals surface area contributed by atoms with Crippen molar-refractivity contribution in [1.82, 2.24) is 0 Å². The third kappa shape index (κ3) is 4.87. The molecule has 0 aliphatic heterocycles. The number of ether oxygens (including phenoxy) is 2. The number of anilines is 2. The summed E-state index contributed by atoms with van der Waals surface area (Å²) in [5, 5.41) is 3.18. The second-order valence-corrected chi connectivity index (χ2v) is 5.64. The van der Waals surface area contributed by atoms with Crippen LogP contribution in [0.3, 0.4) is 0 Å². The third-order valence-corrected chi connectivity index (χ3v) is 3.70. The number of hydrogen-bond acceptors (Lipinski definition) is 4. The van der Waals surface area contributed by atoms with Crippen LogP contribution in [0.2, 0.25) is 5.02 Å². The van der Waals surface area contributed by atoms with Gasteiger partial charge in [-0.3, -0.25) is 14.5 Å². The minimum absolute atomic E-state index is 0.177. The highest BCUT2D eigenvalue weighted by molar-refractivity contribution is 6.31. The highest BCUT2D eigenvalue weighted by Crippen LogP contribution is 2.31. The average molecular weight is 363 g/mol. The standard InChI is InChI=1S/C18H19ClN2O4/c1-12(22)21(16-9-13(19)7-8-17(16)25-3)11-18(23)20-14-5-4-6-15(10-14)24-2/h4-10H,11H2,1-3H3,(H,20,23). The Balaban J connectivity index is 2.20. The Kier molecular flexibility index (Phi) is 6.25. The number of rotatable bonds is 6. The summed E-state index contributed by atoms with van der Waals surface area (Å²) >= 11 is 6.01. The Morgan fingerprint density at radius 3 is 2.52 bits per heavy atom. The van der Waals surface area contributed by atoms with Crippen LogP contribution in [0.5, 0.6) is 11.5 Å². The molecule has 2 rings (SSSR count). The quantitative estimate of drug-likeness (QED) is 0.855. The van der Waals surface area contributed by atoms with Gasteiger partial charge in [-0.05, 0) is 30.3 Å². The van der Waals surface area contributed by atoms with E-state index in [-0.39, 0.29) is 18.4 Å². The van der Waals surface area contributed by atoms with E-state index >= 15 is 0 Å². The molecule has 2 aromatic rings. The zero-order valence-electron chi connectivity index (χ0n) is 14.2. The maximum Gasteiger partial charge on any atom is 0.244 e. The Morgan fingerprint density at radius 1 is 1.12 bits per heavy atom. The lowest BCUT2D eigenvalue weighted by Gasteiger charge is -2.23. The van der Waals surface area contributed by atoms with Gasteiger partial charge in [-0.2, -0.15) is 0 Å². The summed E-state index contributed by atoms with van der Waals surface area (Å²) < 4.78 is 10.4. The van der Waals surface area contributed by atoms with E-state index in [1.807, 2.05) is 0 Å². The largest absolute Gasteiger partial charge is 0.497 e. The predicted octanol–water partition coefficient (Wildman–Crippen LogP) is 3.35. The molecule has 0 aliphatic rings. The van der Waals surface area contributed by atoms with Crippen LogP contribution in [0.25, 0.3) is 0 Å². The first-order chi connectivity index (χ1) is 11.9. The highest BCUT2D eigenvalue weighted by atomic mass is 35.5. The average Bonchev–Trinajstić information content (AvgIpc) is 2.59. The van der Waals surface area contributed by atoms with Gasteiger partial charge in [-0.1, -0.05) is 17.7 Å². The molecule has 132 valence electrons. The fourth-order valence-corrected chi connectivity index (χ4v) is 2.45. The van der Waals surface area contributed by atoms with Gasteiger partial charge in [0.05, 0.1) is 19.9 Å². The van der Waals surface area contributed by atoms with Crippen LogP contribution in [-0.4, -0.2) is 32.6 Å². The van der Waals surface area contributed by atoms with Crippen LogP contribution in [0.15, 0.2) is 42.5 Å². The second kappa shape index (κ2) is 8.39. The summed E-state index contributed by atoms with van der Waals surface area (Å²) in [4.78, 5) is 25.7. The zero-order valence-corrected chi connectivity index (χ0v) is 15.0. The lowest BCUT2D eigenvalue weighted by atomic mass is 10.2. The molecule has 0 spiro atoms. The Bertz CT molecular complexity index is 779. The van der Waals surface area contributed by atoms with Crippen molar-refractivity contribution < 1.29 is 19.1 Å². The molecule has 0 aromatic heterocycles. The maximum absolute atomic E-state index is 12.4. The van der Waals surface area contributed by atoms with Crippen LogP contribution in [-0.2, 0) is 9.59 Å². The molecule has 25 heavy (non-hydrogen) atoms. The second-order valence-electron chi connectivity index (χ2n) is 5.20. The molecular formula is C18H19ClN2O4. The summed E-state index contributed by atoms with van der Waals surface area (Å²) in [5.74, 6) is 0.415. The smallest absolute Gasteiger partial charge is 0.244 e. The fraction of sp³-hybridized carbons (Fsp3) is 0.222. The van der Waals surface area contributed by atoms with Crippen molar-refractivity contribution in [1.29, 1.82) is 0 Å². The van der Waals surface area contributed by atoms with Crippen molar-refractivity contribution >= 4 is 34.8 Å². The monoisotopic (exact) mass is 362 g/mol. The molecule has 0 heterocycles. The molecule has 7 heteroatoms. The number of hydrogen-bond donors (Lipinski definition) is 1. The summed E-state index contributed by atoms with van der Waals surface area (Å²) in [6.45, 7) is 1.20. The summed E-state index contributed by atoms with van der Waals surface area (Å²) in [5.41, 5.74) is 1.01. The molecule has 0 saturated carbocycles. The minimum atomic E-state index is -0.356. The van der Waals surface area contributed by atoms with E-state index < -0.39 is 0 Å². The van der Waals surface area contributed by atoms with Gasteiger partial charge < -0.3 is 14.8 Å². The number of methoxy groups -OCH3 is 2. The summed E-state index contributed by atoms with van der Waals surface area (Å²) in [6, 6.07) is 11.8. The molecule has 2 aromatic carbocycles. The first kappa shape index (κ1) is 18.6. The number of amides is 2. The van der Waals surface area contributed by atoms with Gasteiger partial charge >= 0.3 is 0 Å². The van der Waals surface area contributed by atoms with Crippen molar-refractivity contribution in [2.75, 3.05) is 31.0 Å². The Morgan fingerprint density at radius 2 is 1.88 bits per heavy atom. The molecule has 1 N–H and O–H groups in total. The molecule has 0 unspecified atom stereocenters. The van der Waals surface area contributed by atoms with Gasteiger partial charge in [0.1, 0.15) is 18.0 Å². The van der Waals surface area contributed by atoms with Gasteiger partial charge in [0.25, 0.3) is 0 Å². The first-order valence-corrected chi connectivity index (χ1v) is 7.88. The van der Waals surface area contributed by atoms with Crippen molar-refractivity contribution in [3.8, 4) is 11.5 Å². The first-order valence-electron chi connectivity index (χ1n) is 7.50. The summed E-state index contributed by atoms with van der Waals surface area (Å²) in [7, 11) is 3.03. The van der Waals surface area contributed by atoms with Gasteiger partial charge in [-0.15, -0.1) is 0 Å². The number of carbonyl (C=O) groups excluding carboxylic acids is 2. The lowest BCUT2D eigenvalue weighted by molar-refractivity contribution is -0.120. The normalized spacial score (nSPS) is 10.1. The van der Waals surface area contributed by atoms with Crippen LogP contribution in [0.1, 0.15) is 6.92 Å². The molecular weight excluding hydrogens is 344 g/mol. The molecule has 0 radical (unpaired) electrons. The molecule has 0 atom stereocenters. The number of nitrogens with zero attached hydrogens (tertiary/aromatic N) is 1. The van der Waals surface area contributed by atoms with E-state index in [2.05, 4.69) is 5.32 Å². The van der Waals surface area contributed by atoms with Crippen molar-refractivity contribution in [3.63, 3.8) is 0 Å². The number of carbonyl (C=O) groups is 2. The molecule has 0 saturated heterocycles. The molecule has 2 amide bonds. The molecule has 0 fully saturated rings. The van der Waals surface area contributed by atoms with E-state index in [1.54, 1.807) is 49.6 Å².